The second kappa shape index (κ2) is 6.43. The topological polar surface area (TPSA) is 70.5 Å². The number of hydrogen-bond acceptors (Lipinski definition) is 5. The average molecular weight is 276 g/mol. The molecular weight excluding hydrogens is 256 g/mol. The predicted octanol–water partition coefficient (Wildman–Crippen LogP) is 2.38. The van der Waals surface area contributed by atoms with Crippen LogP contribution in [0.3, 0.4) is 0 Å². The zero-order chi connectivity index (χ0) is 14.5. The lowest BCUT2D eigenvalue weighted by molar-refractivity contribution is 0.278. The smallest absolute Gasteiger partial charge is 0.164 e. The van der Waals surface area contributed by atoms with Crippen LogP contribution in [-0.2, 0) is 13.0 Å². The first-order valence-corrected chi connectivity index (χ1v) is 6.57. The number of rotatable bonds is 6. The van der Waals surface area contributed by atoms with Gasteiger partial charge in [0.2, 0.25) is 0 Å². The molecule has 0 radical (unpaired) electrons. The highest BCUT2D eigenvalue weighted by atomic mass is 16.5. The maximum atomic E-state index is 5.94. The lowest BCUT2D eigenvalue weighted by atomic mass is 10.1. The minimum Gasteiger partial charge on any atom is -0.493 e. The normalized spacial score (nSPS) is 10.6. The third kappa shape index (κ3) is 2.93. The zero-order valence-electron chi connectivity index (χ0n) is 12.1. The summed E-state index contributed by atoms with van der Waals surface area (Å²) in [5.74, 6) is 2.22. The van der Waals surface area contributed by atoms with Crippen LogP contribution in [0, 0.1) is 13.8 Å². The van der Waals surface area contributed by atoms with Crippen molar-refractivity contribution in [1.82, 2.24) is 5.16 Å². The molecule has 0 amide bonds. The molecule has 0 saturated carbocycles. The average Bonchev–Trinajstić information content (AvgIpc) is 2.77. The first kappa shape index (κ1) is 14.4. The summed E-state index contributed by atoms with van der Waals surface area (Å²) in [5, 5.41) is 3.92. The van der Waals surface area contributed by atoms with Crippen LogP contribution >= 0.6 is 0 Å². The van der Waals surface area contributed by atoms with Crippen LogP contribution in [0.1, 0.15) is 22.6 Å². The van der Waals surface area contributed by atoms with E-state index in [4.69, 9.17) is 19.7 Å². The second-order valence-electron chi connectivity index (χ2n) is 4.58. The Morgan fingerprint density at radius 2 is 2.10 bits per heavy atom. The van der Waals surface area contributed by atoms with Gasteiger partial charge in [0.15, 0.2) is 11.5 Å². The van der Waals surface area contributed by atoms with Crippen LogP contribution in [0.5, 0.6) is 11.5 Å². The van der Waals surface area contributed by atoms with Crippen molar-refractivity contribution in [3.8, 4) is 11.5 Å². The van der Waals surface area contributed by atoms with Gasteiger partial charge in [-0.3, -0.25) is 0 Å². The van der Waals surface area contributed by atoms with Gasteiger partial charge in [-0.15, -0.1) is 0 Å². The largest absolute Gasteiger partial charge is 0.493 e. The van der Waals surface area contributed by atoms with E-state index in [2.05, 4.69) is 5.16 Å². The number of nitrogens with zero attached hydrogens (tertiary/aromatic N) is 1. The molecule has 0 spiro atoms. The van der Waals surface area contributed by atoms with Crippen molar-refractivity contribution in [1.29, 1.82) is 0 Å². The fourth-order valence-electron chi connectivity index (χ4n) is 2.09. The zero-order valence-corrected chi connectivity index (χ0v) is 12.1. The van der Waals surface area contributed by atoms with Crippen LogP contribution in [0.25, 0.3) is 0 Å². The van der Waals surface area contributed by atoms with E-state index in [1.54, 1.807) is 7.11 Å². The number of benzene rings is 1. The van der Waals surface area contributed by atoms with Crippen molar-refractivity contribution in [2.75, 3.05) is 13.7 Å². The Labute approximate surface area is 118 Å². The van der Waals surface area contributed by atoms with E-state index in [0.29, 0.717) is 18.9 Å². The minimum absolute atomic E-state index is 0.402. The third-order valence-corrected chi connectivity index (χ3v) is 3.24. The van der Waals surface area contributed by atoms with Gasteiger partial charge in [-0.05, 0) is 38.4 Å². The Morgan fingerprint density at radius 1 is 1.30 bits per heavy atom. The molecule has 20 heavy (non-hydrogen) atoms. The van der Waals surface area contributed by atoms with Crippen LogP contribution < -0.4 is 15.2 Å². The van der Waals surface area contributed by atoms with Crippen LogP contribution in [-0.4, -0.2) is 18.8 Å². The summed E-state index contributed by atoms with van der Waals surface area (Å²) in [4.78, 5) is 0. The van der Waals surface area contributed by atoms with E-state index in [-0.39, 0.29) is 0 Å². The Bertz CT molecular complexity index is 559. The highest BCUT2D eigenvalue weighted by Crippen LogP contribution is 2.32. The van der Waals surface area contributed by atoms with Crippen molar-refractivity contribution in [2.24, 2.45) is 5.73 Å². The predicted molar refractivity (Wildman–Crippen MR) is 76.1 cm³/mol. The molecule has 1 aromatic heterocycles. The number of hydrogen-bond donors (Lipinski definition) is 1. The molecular formula is C15H20N2O3. The molecule has 0 saturated heterocycles. The fraction of sp³-hybridized carbons (Fsp3) is 0.400. The van der Waals surface area contributed by atoms with Gasteiger partial charge in [0, 0.05) is 0 Å². The lowest BCUT2D eigenvalue weighted by Crippen LogP contribution is -2.07. The minimum atomic E-state index is 0.402. The van der Waals surface area contributed by atoms with E-state index in [1.165, 1.54) is 0 Å². The molecule has 2 N–H and O–H groups in total. The molecule has 0 unspecified atom stereocenters. The summed E-state index contributed by atoms with van der Waals surface area (Å²) in [5.41, 5.74) is 8.49. The van der Waals surface area contributed by atoms with Crippen molar-refractivity contribution in [3.05, 3.63) is 40.8 Å². The van der Waals surface area contributed by atoms with Gasteiger partial charge >= 0.3 is 0 Å². The molecule has 0 aliphatic rings. The fourth-order valence-corrected chi connectivity index (χ4v) is 2.09. The second-order valence-corrected chi connectivity index (χ2v) is 4.58. The SMILES string of the molecule is COc1cccc(CCN)c1OCc1c(C)noc1C. The monoisotopic (exact) mass is 276 g/mol. The molecule has 5 nitrogen and oxygen atoms in total. The Morgan fingerprint density at radius 3 is 2.70 bits per heavy atom. The van der Waals surface area contributed by atoms with E-state index in [1.807, 2.05) is 32.0 Å². The van der Waals surface area contributed by atoms with Gasteiger partial charge in [-0.2, -0.15) is 0 Å². The molecule has 0 aliphatic heterocycles. The standard InChI is InChI=1S/C15H20N2O3/c1-10-13(11(2)20-17-10)9-19-15-12(7-8-16)5-4-6-14(15)18-3/h4-6H,7-9,16H2,1-3H3. The van der Waals surface area contributed by atoms with E-state index < -0.39 is 0 Å². The van der Waals surface area contributed by atoms with E-state index in [0.717, 1.165) is 34.8 Å². The molecule has 1 aromatic carbocycles. The molecule has 2 rings (SSSR count). The molecule has 0 atom stereocenters. The molecule has 0 fully saturated rings. The quantitative estimate of drug-likeness (QED) is 0.877. The number of para-hydroxylation sites is 1. The van der Waals surface area contributed by atoms with Gasteiger partial charge in [-0.1, -0.05) is 17.3 Å². The molecule has 5 heteroatoms. The summed E-state index contributed by atoms with van der Waals surface area (Å²) >= 11 is 0. The lowest BCUT2D eigenvalue weighted by Gasteiger charge is -2.14. The molecule has 1 heterocycles. The molecule has 0 aliphatic carbocycles. The third-order valence-electron chi connectivity index (χ3n) is 3.24. The van der Waals surface area contributed by atoms with Gasteiger partial charge < -0.3 is 19.7 Å². The van der Waals surface area contributed by atoms with Gasteiger partial charge in [0.1, 0.15) is 12.4 Å². The van der Waals surface area contributed by atoms with Crippen molar-refractivity contribution < 1.29 is 14.0 Å². The summed E-state index contributed by atoms with van der Waals surface area (Å²) in [6.07, 6.45) is 0.744. The number of ether oxygens (including phenoxy) is 2. The Kier molecular flexibility index (Phi) is 4.63. The van der Waals surface area contributed by atoms with Crippen LogP contribution in [0.2, 0.25) is 0 Å². The summed E-state index contributed by atoms with van der Waals surface area (Å²) in [6.45, 7) is 4.74. The molecule has 108 valence electrons. The van der Waals surface area contributed by atoms with E-state index >= 15 is 0 Å². The maximum absolute atomic E-state index is 5.94. The number of aryl methyl sites for hydroxylation is 2. The maximum Gasteiger partial charge on any atom is 0.164 e. The summed E-state index contributed by atoms with van der Waals surface area (Å²) < 4.78 is 16.4. The highest BCUT2D eigenvalue weighted by Gasteiger charge is 2.14. The first-order chi connectivity index (χ1) is 9.67. The Balaban J connectivity index is 2.23. The van der Waals surface area contributed by atoms with Crippen molar-refractivity contribution in [2.45, 2.75) is 26.9 Å². The van der Waals surface area contributed by atoms with Crippen LogP contribution in [0.15, 0.2) is 22.7 Å². The van der Waals surface area contributed by atoms with E-state index in [9.17, 15) is 0 Å². The van der Waals surface area contributed by atoms with Crippen molar-refractivity contribution >= 4 is 0 Å². The summed E-state index contributed by atoms with van der Waals surface area (Å²) in [6, 6.07) is 5.81. The van der Waals surface area contributed by atoms with Gasteiger partial charge in [0.05, 0.1) is 18.4 Å². The Hall–Kier alpha value is -2.01. The number of methoxy groups -OCH3 is 1. The van der Waals surface area contributed by atoms with Gasteiger partial charge in [0.25, 0.3) is 0 Å². The highest BCUT2D eigenvalue weighted by molar-refractivity contribution is 5.47. The summed E-state index contributed by atoms with van der Waals surface area (Å²) in [7, 11) is 1.63. The molecule has 2 aromatic rings. The van der Waals surface area contributed by atoms with Crippen LogP contribution in [0.4, 0.5) is 0 Å². The van der Waals surface area contributed by atoms with Gasteiger partial charge in [-0.25, -0.2) is 0 Å². The molecule has 0 bridgehead atoms. The number of aromatic nitrogens is 1. The first-order valence-electron chi connectivity index (χ1n) is 6.57. The number of nitrogens with two attached hydrogens (primary N) is 1. The van der Waals surface area contributed by atoms with Crippen molar-refractivity contribution in [3.63, 3.8) is 0 Å².